The third kappa shape index (κ3) is 2.35. The van der Waals surface area contributed by atoms with Gasteiger partial charge in [-0.05, 0) is 32.3 Å². The molecule has 3 rings (SSSR count). The Morgan fingerprint density at radius 1 is 1.47 bits per heavy atom. The first-order valence-corrected chi connectivity index (χ1v) is 6.72. The van der Waals surface area contributed by atoms with E-state index in [1.54, 1.807) is 18.4 Å². The lowest BCUT2D eigenvalue weighted by atomic mass is 9.77. The zero-order valence-electron chi connectivity index (χ0n) is 10.8. The van der Waals surface area contributed by atoms with Gasteiger partial charge in [0.25, 0.3) is 5.89 Å². The van der Waals surface area contributed by atoms with Crippen LogP contribution in [0.5, 0.6) is 5.75 Å². The van der Waals surface area contributed by atoms with E-state index < -0.39 is 0 Å². The monoisotopic (exact) mass is 301 g/mol. The molecule has 19 heavy (non-hydrogen) atoms. The molecular weight excluding hydrogens is 286 g/mol. The summed E-state index contributed by atoms with van der Waals surface area (Å²) in [6, 6.07) is 1.96. The van der Waals surface area contributed by atoms with Crippen LogP contribution in [-0.2, 0) is 5.54 Å². The molecule has 2 heterocycles. The number of methoxy groups -OCH3 is 1. The summed E-state index contributed by atoms with van der Waals surface area (Å²) in [7, 11) is 1.64. The van der Waals surface area contributed by atoms with Crippen LogP contribution in [-0.4, -0.2) is 17.3 Å². The molecule has 0 bridgehead atoms. The van der Waals surface area contributed by atoms with Crippen LogP contribution in [0.3, 0.4) is 0 Å². The van der Waals surface area contributed by atoms with Crippen molar-refractivity contribution >= 4 is 23.7 Å². The van der Waals surface area contributed by atoms with E-state index >= 15 is 0 Å². The van der Waals surface area contributed by atoms with Gasteiger partial charge in [-0.25, -0.2) is 0 Å². The third-order valence-corrected chi connectivity index (χ3v) is 4.37. The maximum absolute atomic E-state index is 6.18. The summed E-state index contributed by atoms with van der Waals surface area (Å²) in [6.45, 7) is 2.02. The lowest BCUT2D eigenvalue weighted by Crippen LogP contribution is -2.44. The Labute approximate surface area is 121 Å². The van der Waals surface area contributed by atoms with E-state index in [-0.39, 0.29) is 17.9 Å². The van der Waals surface area contributed by atoms with Crippen LogP contribution in [0.2, 0.25) is 0 Å². The van der Waals surface area contributed by atoms with Crippen LogP contribution in [0.15, 0.2) is 10.6 Å². The van der Waals surface area contributed by atoms with E-state index in [1.165, 1.54) is 0 Å². The number of aromatic nitrogens is 2. The molecule has 1 fully saturated rings. The van der Waals surface area contributed by atoms with Crippen LogP contribution >= 0.6 is 23.7 Å². The Morgan fingerprint density at radius 3 is 2.79 bits per heavy atom. The second-order valence-electron chi connectivity index (χ2n) is 4.69. The summed E-state index contributed by atoms with van der Waals surface area (Å²) in [5, 5.41) is 4.01. The van der Waals surface area contributed by atoms with Gasteiger partial charge in [0.05, 0.1) is 12.6 Å². The zero-order valence-corrected chi connectivity index (χ0v) is 12.4. The topological polar surface area (TPSA) is 74.2 Å². The molecule has 0 saturated heterocycles. The maximum atomic E-state index is 6.18. The highest BCUT2D eigenvalue weighted by Crippen LogP contribution is 2.40. The summed E-state index contributed by atoms with van der Waals surface area (Å²) in [5.74, 6) is 1.88. The minimum atomic E-state index is -0.388. The molecule has 1 aliphatic carbocycles. The Hall–Kier alpha value is -1.11. The molecule has 2 aromatic heterocycles. The van der Waals surface area contributed by atoms with Crippen molar-refractivity contribution in [1.29, 1.82) is 0 Å². The molecule has 1 aliphatic rings. The Kier molecular flexibility index (Phi) is 3.85. The molecule has 5 nitrogen and oxygen atoms in total. The van der Waals surface area contributed by atoms with Crippen LogP contribution in [0.4, 0.5) is 0 Å². The van der Waals surface area contributed by atoms with E-state index in [4.69, 9.17) is 15.0 Å². The summed E-state index contributed by atoms with van der Waals surface area (Å²) in [4.78, 5) is 6.44. The van der Waals surface area contributed by atoms with Gasteiger partial charge in [-0.15, -0.1) is 23.7 Å². The quantitative estimate of drug-likeness (QED) is 0.943. The summed E-state index contributed by atoms with van der Waals surface area (Å²) in [5.41, 5.74) is 5.79. The predicted molar refractivity (Wildman–Crippen MR) is 75.9 cm³/mol. The van der Waals surface area contributed by atoms with E-state index in [9.17, 15) is 0 Å². The summed E-state index contributed by atoms with van der Waals surface area (Å²) in [6.07, 6.45) is 2.97. The summed E-state index contributed by atoms with van der Waals surface area (Å²) < 4.78 is 10.6. The molecule has 0 aromatic carbocycles. The van der Waals surface area contributed by atoms with E-state index in [0.29, 0.717) is 11.7 Å². The van der Waals surface area contributed by atoms with Crippen LogP contribution in [0.25, 0.3) is 10.8 Å². The van der Waals surface area contributed by atoms with Crippen LogP contribution in [0.1, 0.15) is 30.0 Å². The van der Waals surface area contributed by atoms with Gasteiger partial charge in [-0.2, -0.15) is 4.98 Å². The fourth-order valence-corrected chi connectivity index (χ4v) is 2.99. The smallest absolute Gasteiger partial charge is 0.271 e. The number of aryl methyl sites for hydroxylation is 1. The van der Waals surface area contributed by atoms with Gasteiger partial charge in [0.15, 0.2) is 5.82 Å². The standard InChI is InChI=1S/C12H15N3O2S.ClH/c1-7-6-8(16-2)9(18-7)10-14-11(15-17-10)12(13)4-3-5-12;/h6H,3-5,13H2,1-2H3;1H. The highest BCUT2D eigenvalue weighted by Gasteiger charge is 2.39. The summed E-state index contributed by atoms with van der Waals surface area (Å²) >= 11 is 1.58. The Morgan fingerprint density at radius 2 is 2.21 bits per heavy atom. The van der Waals surface area contributed by atoms with Gasteiger partial charge < -0.3 is 15.0 Å². The predicted octanol–water partition coefficient (Wildman–Crippen LogP) is 2.87. The van der Waals surface area contributed by atoms with Gasteiger partial charge >= 0.3 is 0 Å². The molecule has 1 saturated carbocycles. The van der Waals surface area contributed by atoms with E-state index in [2.05, 4.69) is 10.1 Å². The average molecular weight is 302 g/mol. The van der Waals surface area contributed by atoms with Crippen LogP contribution < -0.4 is 10.5 Å². The molecule has 0 unspecified atom stereocenters. The normalized spacial score (nSPS) is 16.6. The van der Waals surface area contributed by atoms with Crippen molar-refractivity contribution < 1.29 is 9.26 Å². The largest absolute Gasteiger partial charge is 0.495 e. The van der Waals surface area contributed by atoms with Crippen LogP contribution in [0, 0.1) is 6.92 Å². The molecule has 0 aliphatic heterocycles. The average Bonchev–Trinajstić information content (AvgIpc) is 2.91. The molecule has 7 heteroatoms. The molecule has 0 atom stereocenters. The van der Waals surface area contributed by atoms with Crippen molar-refractivity contribution in [2.24, 2.45) is 5.73 Å². The molecule has 2 N–H and O–H groups in total. The van der Waals surface area contributed by atoms with Gasteiger partial charge in [-0.1, -0.05) is 5.16 Å². The Balaban J connectivity index is 0.00000133. The molecule has 104 valence electrons. The fraction of sp³-hybridized carbons (Fsp3) is 0.500. The van der Waals surface area contributed by atoms with Crippen molar-refractivity contribution in [3.63, 3.8) is 0 Å². The molecular formula is C12H16ClN3O2S. The van der Waals surface area contributed by atoms with Gasteiger partial charge in [0, 0.05) is 4.88 Å². The van der Waals surface area contributed by atoms with Gasteiger partial charge in [0.1, 0.15) is 10.6 Å². The van der Waals surface area contributed by atoms with Crippen molar-refractivity contribution in [3.05, 3.63) is 16.8 Å². The number of nitrogens with zero attached hydrogens (tertiary/aromatic N) is 2. The fourth-order valence-electron chi connectivity index (χ4n) is 2.09. The number of rotatable bonds is 3. The van der Waals surface area contributed by atoms with Crippen molar-refractivity contribution in [3.8, 4) is 16.5 Å². The lowest BCUT2D eigenvalue weighted by molar-refractivity contribution is 0.229. The number of halogens is 1. The van der Waals surface area contributed by atoms with Crippen molar-refractivity contribution in [2.45, 2.75) is 31.7 Å². The minimum absolute atomic E-state index is 0. The first-order chi connectivity index (χ1) is 8.62. The molecule has 0 spiro atoms. The third-order valence-electron chi connectivity index (χ3n) is 3.35. The molecule has 0 radical (unpaired) electrons. The second kappa shape index (κ2) is 5.11. The lowest BCUT2D eigenvalue weighted by Gasteiger charge is -2.34. The van der Waals surface area contributed by atoms with Gasteiger partial charge in [-0.3, -0.25) is 0 Å². The molecule has 2 aromatic rings. The number of thiophene rings is 1. The number of ether oxygens (including phenoxy) is 1. The number of hydrogen-bond donors (Lipinski definition) is 1. The highest BCUT2D eigenvalue weighted by molar-refractivity contribution is 7.15. The first kappa shape index (κ1) is 14.3. The van der Waals surface area contributed by atoms with Gasteiger partial charge in [0.2, 0.25) is 0 Å². The van der Waals surface area contributed by atoms with E-state index in [0.717, 1.165) is 34.8 Å². The van der Waals surface area contributed by atoms with Crippen molar-refractivity contribution in [1.82, 2.24) is 10.1 Å². The Bertz CT molecular complexity index is 577. The minimum Gasteiger partial charge on any atom is -0.495 e. The zero-order chi connectivity index (χ0) is 12.8. The van der Waals surface area contributed by atoms with E-state index in [1.807, 2.05) is 13.0 Å². The van der Waals surface area contributed by atoms with Crippen molar-refractivity contribution in [2.75, 3.05) is 7.11 Å². The SMILES string of the molecule is COc1cc(C)sc1-c1nc(C2(N)CCC2)no1.Cl. The second-order valence-corrected chi connectivity index (χ2v) is 5.94. The first-order valence-electron chi connectivity index (χ1n) is 5.90. The number of hydrogen-bond acceptors (Lipinski definition) is 6. The highest BCUT2D eigenvalue weighted by atomic mass is 35.5. The molecule has 0 amide bonds. The maximum Gasteiger partial charge on any atom is 0.271 e. The number of nitrogens with two attached hydrogens (primary N) is 1.